The minimum absolute atomic E-state index is 0.0592. The van der Waals surface area contributed by atoms with Gasteiger partial charge >= 0.3 is 0 Å². The van der Waals surface area contributed by atoms with Gasteiger partial charge in [-0.3, -0.25) is 9.59 Å². The van der Waals surface area contributed by atoms with E-state index in [0.29, 0.717) is 11.3 Å². The predicted octanol–water partition coefficient (Wildman–Crippen LogP) is 2.16. The first-order valence-electron chi connectivity index (χ1n) is 8.07. The average molecular weight is 318 g/mol. The Hall–Kier alpha value is -2.16. The highest BCUT2D eigenvalue weighted by Crippen LogP contribution is 2.13. The molecule has 0 aliphatic rings. The number of nitriles is 1. The van der Waals surface area contributed by atoms with Gasteiger partial charge in [0.15, 0.2) is 0 Å². The van der Waals surface area contributed by atoms with E-state index in [1.807, 2.05) is 38.7 Å². The van der Waals surface area contributed by atoms with Gasteiger partial charge in [0, 0.05) is 12.1 Å². The third-order valence-electron chi connectivity index (χ3n) is 4.45. The Kier molecular flexibility index (Phi) is 6.49. The Morgan fingerprint density at radius 3 is 2.22 bits per heavy atom. The van der Waals surface area contributed by atoms with Crippen LogP contribution >= 0.6 is 0 Å². The molecule has 6 heteroatoms. The molecule has 0 unspecified atom stereocenters. The van der Waals surface area contributed by atoms with Crippen LogP contribution in [0.25, 0.3) is 0 Å². The fraction of sp³-hybridized carbons (Fsp3) is 0.647. The van der Waals surface area contributed by atoms with Crippen LogP contribution in [-0.2, 0) is 11.3 Å². The van der Waals surface area contributed by atoms with Crippen LogP contribution in [0, 0.1) is 25.2 Å². The number of carbonyl (C=O) groups excluding carboxylic acids is 1. The molecule has 0 aliphatic heterocycles. The Morgan fingerprint density at radius 2 is 1.78 bits per heavy atom. The number of carbonyl (C=O) groups is 1. The minimum atomic E-state index is -0.503. The monoisotopic (exact) mass is 318 g/mol. The van der Waals surface area contributed by atoms with Crippen molar-refractivity contribution in [1.29, 1.82) is 5.26 Å². The molecule has 0 bridgehead atoms. The zero-order chi connectivity index (χ0) is 17.7. The van der Waals surface area contributed by atoms with Crippen molar-refractivity contribution in [2.24, 2.45) is 0 Å². The van der Waals surface area contributed by atoms with E-state index in [-0.39, 0.29) is 30.1 Å². The third kappa shape index (κ3) is 3.98. The van der Waals surface area contributed by atoms with Crippen molar-refractivity contribution in [1.82, 2.24) is 14.7 Å². The zero-order valence-electron chi connectivity index (χ0n) is 14.9. The highest BCUT2D eigenvalue weighted by atomic mass is 16.2. The molecule has 0 spiro atoms. The number of amides is 1. The maximum Gasteiger partial charge on any atom is 0.285 e. The molecule has 0 radical (unpaired) electrons. The van der Waals surface area contributed by atoms with Crippen LogP contribution in [0.2, 0.25) is 0 Å². The van der Waals surface area contributed by atoms with E-state index in [4.69, 9.17) is 5.26 Å². The van der Waals surface area contributed by atoms with E-state index in [2.05, 4.69) is 5.10 Å². The SMILES string of the molecule is CC[C@@H](C)N(C(=O)Cn1nc(C)c(C)c(C#N)c1=O)[C@H](C)CC. The van der Waals surface area contributed by atoms with Gasteiger partial charge in [-0.15, -0.1) is 0 Å². The number of hydrogen-bond donors (Lipinski definition) is 0. The second kappa shape index (κ2) is 7.91. The zero-order valence-corrected chi connectivity index (χ0v) is 14.9. The number of rotatable bonds is 6. The van der Waals surface area contributed by atoms with Gasteiger partial charge in [-0.25, -0.2) is 4.68 Å². The van der Waals surface area contributed by atoms with E-state index in [1.165, 1.54) is 0 Å². The van der Waals surface area contributed by atoms with Gasteiger partial charge in [-0.2, -0.15) is 10.4 Å². The van der Waals surface area contributed by atoms with Crippen molar-refractivity contribution in [3.8, 4) is 6.07 Å². The average Bonchev–Trinajstić information content (AvgIpc) is 2.52. The van der Waals surface area contributed by atoms with Gasteiger partial charge in [0.1, 0.15) is 18.2 Å². The summed E-state index contributed by atoms with van der Waals surface area (Å²) >= 11 is 0. The number of nitrogens with zero attached hydrogens (tertiary/aromatic N) is 4. The van der Waals surface area contributed by atoms with E-state index in [1.54, 1.807) is 13.8 Å². The maximum absolute atomic E-state index is 12.7. The molecule has 0 saturated carbocycles. The fourth-order valence-corrected chi connectivity index (χ4v) is 2.54. The van der Waals surface area contributed by atoms with Crippen LogP contribution in [0.15, 0.2) is 4.79 Å². The smallest absolute Gasteiger partial charge is 0.285 e. The highest BCUT2D eigenvalue weighted by molar-refractivity contribution is 5.76. The summed E-state index contributed by atoms with van der Waals surface area (Å²) < 4.78 is 1.11. The molecule has 1 amide bonds. The summed E-state index contributed by atoms with van der Waals surface area (Å²) in [5.74, 6) is -0.143. The Balaban J connectivity index is 3.21. The molecule has 0 aliphatic carbocycles. The van der Waals surface area contributed by atoms with Gasteiger partial charge in [0.2, 0.25) is 5.91 Å². The van der Waals surface area contributed by atoms with Crippen LogP contribution in [0.1, 0.15) is 57.4 Å². The molecule has 126 valence electrons. The first-order valence-corrected chi connectivity index (χ1v) is 8.07. The molecule has 1 heterocycles. The van der Waals surface area contributed by atoms with Gasteiger partial charge in [0.25, 0.3) is 5.56 Å². The Labute approximate surface area is 137 Å². The number of hydrogen-bond acceptors (Lipinski definition) is 4. The van der Waals surface area contributed by atoms with Gasteiger partial charge in [-0.05, 0) is 46.1 Å². The molecule has 1 aromatic heterocycles. The van der Waals surface area contributed by atoms with Crippen LogP contribution in [-0.4, -0.2) is 32.7 Å². The molecule has 6 nitrogen and oxygen atoms in total. The largest absolute Gasteiger partial charge is 0.336 e. The second-order valence-electron chi connectivity index (χ2n) is 5.98. The van der Waals surface area contributed by atoms with Crippen molar-refractivity contribution < 1.29 is 4.79 Å². The molecular formula is C17H26N4O2. The number of aromatic nitrogens is 2. The lowest BCUT2D eigenvalue weighted by Crippen LogP contribution is -2.47. The lowest BCUT2D eigenvalue weighted by atomic mass is 10.1. The molecule has 0 aromatic carbocycles. The molecule has 0 fully saturated rings. The van der Waals surface area contributed by atoms with E-state index in [9.17, 15) is 9.59 Å². The second-order valence-corrected chi connectivity index (χ2v) is 5.98. The highest BCUT2D eigenvalue weighted by Gasteiger charge is 2.25. The molecular weight excluding hydrogens is 292 g/mol. The van der Waals surface area contributed by atoms with E-state index in [0.717, 1.165) is 17.5 Å². The summed E-state index contributed by atoms with van der Waals surface area (Å²) in [5.41, 5.74) is 0.718. The minimum Gasteiger partial charge on any atom is -0.336 e. The number of aryl methyl sites for hydroxylation is 1. The van der Waals surface area contributed by atoms with Crippen LogP contribution < -0.4 is 5.56 Å². The summed E-state index contributed by atoms with van der Waals surface area (Å²) in [7, 11) is 0. The normalized spacial score (nSPS) is 13.3. The van der Waals surface area contributed by atoms with Crippen molar-refractivity contribution in [3.05, 3.63) is 27.2 Å². The van der Waals surface area contributed by atoms with Crippen LogP contribution in [0.5, 0.6) is 0 Å². The molecule has 0 saturated heterocycles. The van der Waals surface area contributed by atoms with Crippen molar-refractivity contribution in [2.45, 2.75) is 73.0 Å². The summed E-state index contributed by atoms with van der Waals surface area (Å²) in [6.45, 7) is 11.4. The Bertz CT molecular complexity index is 662. The van der Waals surface area contributed by atoms with Gasteiger partial charge in [0.05, 0.1) is 5.69 Å². The van der Waals surface area contributed by atoms with E-state index >= 15 is 0 Å². The van der Waals surface area contributed by atoms with Crippen molar-refractivity contribution >= 4 is 5.91 Å². The summed E-state index contributed by atoms with van der Waals surface area (Å²) in [6, 6.07) is 2.10. The van der Waals surface area contributed by atoms with E-state index < -0.39 is 5.56 Å². The fourth-order valence-electron chi connectivity index (χ4n) is 2.54. The topological polar surface area (TPSA) is 79.0 Å². The first-order chi connectivity index (χ1) is 10.8. The molecule has 1 aromatic rings. The summed E-state index contributed by atoms with van der Waals surface area (Å²) in [5, 5.41) is 13.3. The lowest BCUT2D eigenvalue weighted by Gasteiger charge is -2.34. The Morgan fingerprint density at radius 1 is 1.26 bits per heavy atom. The molecule has 1 rings (SSSR count). The molecule has 0 N–H and O–H groups in total. The molecule has 23 heavy (non-hydrogen) atoms. The predicted molar refractivity (Wildman–Crippen MR) is 89.0 cm³/mol. The van der Waals surface area contributed by atoms with Crippen molar-refractivity contribution in [2.75, 3.05) is 0 Å². The first kappa shape index (κ1) is 18.9. The quantitative estimate of drug-likeness (QED) is 0.805. The van der Waals surface area contributed by atoms with Crippen molar-refractivity contribution in [3.63, 3.8) is 0 Å². The standard InChI is InChI=1S/C17H26N4O2/c1-7-11(3)21(12(4)8-2)16(22)10-20-17(23)15(9-18)13(5)14(6)19-20/h11-12H,7-8,10H2,1-6H3/t11-,12-/m1/s1. The summed E-state index contributed by atoms with van der Waals surface area (Å²) in [4.78, 5) is 26.8. The summed E-state index contributed by atoms with van der Waals surface area (Å²) in [6.07, 6.45) is 1.68. The van der Waals surface area contributed by atoms with Crippen LogP contribution in [0.3, 0.4) is 0 Å². The maximum atomic E-state index is 12.7. The van der Waals surface area contributed by atoms with Crippen LogP contribution in [0.4, 0.5) is 0 Å². The van der Waals surface area contributed by atoms with Gasteiger partial charge < -0.3 is 4.90 Å². The molecule has 2 atom stereocenters. The van der Waals surface area contributed by atoms with Gasteiger partial charge in [-0.1, -0.05) is 13.8 Å². The third-order valence-corrected chi connectivity index (χ3v) is 4.45. The lowest BCUT2D eigenvalue weighted by molar-refractivity contribution is -0.136.